The predicted octanol–water partition coefficient (Wildman–Crippen LogP) is 5.41. The van der Waals surface area contributed by atoms with Crippen LogP contribution in [0.5, 0.6) is 0 Å². The lowest BCUT2D eigenvalue weighted by Crippen LogP contribution is -2.33. The molecule has 0 bridgehead atoms. The van der Waals surface area contributed by atoms with Crippen molar-refractivity contribution in [2.24, 2.45) is 11.8 Å². The van der Waals surface area contributed by atoms with E-state index in [4.69, 9.17) is 5.10 Å². The lowest BCUT2D eigenvalue weighted by molar-refractivity contribution is 0.183. The highest BCUT2D eigenvalue weighted by molar-refractivity contribution is 5.86. The number of aromatic nitrogens is 4. The van der Waals surface area contributed by atoms with Gasteiger partial charge in [0, 0.05) is 24.0 Å². The van der Waals surface area contributed by atoms with Crippen molar-refractivity contribution >= 4 is 16.6 Å². The molecule has 1 aliphatic rings. The zero-order chi connectivity index (χ0) is 21.7. The highest BCUT2D eigenvalue weighted by Crippen LogP contribution is 2.37. The number of hydrogen-bond acceptors (Lipinski definition) is 3. The topological polar surface area (TPSA) is 52.2 Å². The minimum absolute atomic E-state index is 0.00488. The maximum absolute atomic E-state index is 13.4. The summed E-state index contributed by atoms with van der Waals surface area (Å²) in [6, 6.07) is 8.60. The van der Waals surface area contributed by atoms with E-state index in [1.807, 2.05) is 23.8 Å². The molecule has 0 amide bonds. The van der Waals surface area contributed by atoms with Crippen LogP contribution in [0, 0.1) is 17.7 Å². The molecule has 0 spiro atoms. The van der Waals surface area contributed by atoms with Gasteiger partial charge in [0.05, 0.1) is 16.6 Å². The summed E-state index contributed by atoms with van der Waals surface area (Å²) in [5.41, 5.74) is 4.08. The molecule has 0 saturated heterocycles. The van der Waals surface area contributed by atoms with E-state index in [-0.39, 0.29) is 17.4 Å². The smallest absolute Gasteiger partial charge is 0.261 e. The van der Waals surface area contributed by atoms with Gasteiger partial charge in [-0.05, 0) is 48.4 Å². The standard InChI is InChI=1S/C25H27FN4O/c1-4-20-23(17-8-10-18(26)11-9-17)24-27-14-19-22(30(24)28-20)12-13-29(25(19)31)21-7-5-6-15(2)16(21)3/h8-16,21H,4-7H2,1-3H3/t15-,16-,21-/m0/s1. The van der Waals surface area contributed by atoms with Crippen LogP contribution in [0.25, 0.3) is 27.7 Å². The Hall–Kier alpha value is -3.02. The number of nitrogens with zero attached hydrogens (tertiary/aromatic N) is 4. The zero-order valence-corrected chi connectivity index (χ0v) is 18.2. The summed E-state index contributed by atoms with van der Waals surface area (Å²) in [7, 11) is 0. The van der Waals surface area contributed by atoms with Crippen molar-refractivity contribution in [2.75, 3.05) is 0 Å². The lowest BCUT2D eigenvalue weighted by atomic mass is 9.78. The third kappa shape index (κ3) is 3.16. The number of fused-ring (bicyclic) bond motifs is 3. The van der Waals surface area contributed by atoms with Crippen molar-refractivity contribution in [3.63, 3.8) is 0 Å². The number of benzene rings is 1. The summed E-state index contributed by atoms with van der Waals surface area (Å²) < 4.78 is 17.1. The van der Waals surface area contributed by atoms with Gasteiger partial charge in [0.2, 0.25) is 0 Å². The Morgan fingerprint density at radius 3 is 2.65 bits per heavy atom. The Labute approximate surface area is 180 Å². The fourth-order valence-electron chi connectivity index (χ4n) is 5.10. The number of pyridine rings is 1. The van der Waals surface area contributed by atoms with Crippen LogP contribution in [-0.2, 0) is 6.42 Å². The average Bonchev–Trinajstić information content (AvgIpc) is 3.16. The van der Waals surface area contributed by atoms with Gasteiger partial charge in [-0.3, -0.25) is 4.79 Å². The van der Waals surface area contributed by atoms with Gasteiger partial charge in [-0.1, -0.05) is 45.7 Å². The van der Waals surface area contributed by atoms with Gasteiger partial charge in [-0.25, -0.2) is 13.9 Å². The summed E-state index contributed by atoms with van der Waals surface area (Å²) in [6.45, 7) is 6.57. The minimum Gasteiger partial charge on any atom is -0.311 e. The molecule has 0 N–H and O–H groups in total. The second-order valence-corrected chi connectivity index (χ2v) is 8.84. The fourth-order valence-corrected chi connectivity index (χ4v) is 5.10. The summed E-state index contributed by atoms with van der Waals surface area (Å²) in [5, 5.41) is 5.36. The minimum atomic E-state index is -0.275. The molecule has 3 heterocycles. The van der Waals surface area contributed by atoms with E-state index < -0.39 is 0 Å². The van der Waals surface area contributed by atoms with Crippen molar-refractivity contribution in [1.29, 1.82) is 0 Å². The zero-order valence-electron chi connectivity index (χ0n) is 18.2. The number of rotatable bonds is 3. The van der Waals surface area contributed by atoms with Gasteiger partial charge in [0.25, 0.3) is 5.56 Å². The van der Waals surface area contributed by atoms with E-state index in [1.54, 1.807) is 22.8 Å². The molecule has 1 aliphatic carbocycles. The first-order valence-corrected chi connectivity index (χ1v) is 11.2. The van der Waals surface area contributed by atoms with E-state index in [0.717, 1.165) is 35.2 Å². The van der Waals surface area contributed by atoms with Crippen molar-refractivity contribution < 1.29 is 4.39 Å². The second-order valence-electron chi connectivity index (χ2n) is 8.84. The molecular weight excluding hydrogens is 391 g/mol. The molecule has 5 nitrogen and oxygen atoms in total. The number of aryl methyl sites for hydroxylation is 1. The molecule has 3 aromatic heterocycles. The number of halogens is 1. The van der Waals surface area contributed by atoms with E-state index >= 15 is 0 Å². The van der Waals surface area contributed by atoms with Crippen molar-refractivity contribution in [3.05, 3.63) is 64.6 Å². The van der Waals surface area contributed by atoms with Crippen LogP contribution in [0.1, 0.15) is 51.8 Å². The molecule has 1 saturated carbocycles. The van der Waals surface area contributed by atoms with Gasteiger partial charge in [0.15, 0.2) is 5.65 Å². The summed E-state index contributed by atoms with van der Waals surface area (Å²) in [5.74, 6) is 0.795. The van der Waals surface area contributed by atoms with Gasteiger partial charge in [-0.2, -0.15) is 5.10 Å². The fraction of sp³-hybridized carbons (Fsp3) is 0.400. The van der Waals surface area contributed by atoms with E-state index in [9.17, 15) is 9.18 Å². The molecule has 6 heteroatoms. The average molecular weight is 419 g/mol. The van der Waals surface area contributed by atoms with Gasteiger partial charge >= 0.3 is 0 Å². The molecule has 3 atom stereocenters. The Kier molecular flexibility index (Phi) is 4.88. The van der Waals surface area contributed by atoms with Gasteiger partial charge < -0.3 is 4.57 Å². The monoisotopic (exact) mass is 418 g/mol. The van der Waals surface area contributed by atoms with Gasteiger partial charge in [0.1, 0.15) is 5.82 Å². The van der Waals surface area contributed by atoms with Crippen LogP contribution in [0.15, 0.2) is 47.5 Å². The largest absolute Gasteiger partial charge is 0.311 e. The van der Waals surface area contributed by atoms with Crippen LogP contribution in [-0.4, -0.2) is 19.2 Å². The SMILES string of the molecule is CCc1nn2c(ncc3c(=O)n([C@H]4CCC[C@H](C)[C@@H]4C)ccc32)c1-c1ccc(F)cc1. The Bertz CT molecular complexity index is 1320. The van der Waals surface area contributed by atoms with Crippen LogP contribution < -0.4 is 5.56 Å². The molecule has 0 aliphatic heterocycles. The van der Waals surface area contributed by atoms with Crippen molar-refractivity contribution in [2.45, 2.75) is 52.5 Å². The molecule has 0 radical (unpaired) electrons. The first-order chi connectivity index (χ1) is 15.0. The van der Waals surface area contributed by atoms with Crippen molar-refractivity contribution in [3.8, 4) is 11.1 Å². The summed E-state index contributed by atoms with van der Waals surface area (Å²) >= 11 is 0. The first kappa shape index (κ1) is 19.9. The van der Waals surface area contributed by atoms with Gasteiger partial charge in [-0.15, -0.1) is 0 Å². The molecule has 0 unspecified atom stereocenters. The van der Waals surface area contributed by atoms with Crippen LogP contribution in [0.4, 0.5) is 4.39 Å². The highest BCUT2D eigenvalue weighted by atomic mass is 19.1. The van der Waals surface area contributed by atoms with Crippen LogP contribution >= 0.6 is 0 Å². The first-order valence-electron chi connectivity index (χ1n) is 11.2. The molecule has 31 heavy (non-hydrogen) atoms. The molecular formula is C25H27FN4O. The Morgan fingerprint density at radius 2 is 1.90 bits per heavy atom. The summed E-state index contributed by atoms with van der Waals surface area (Å²) in [4.78, 5) is 18.1. The second kappa shape index (κ2) is 7.59. The van der Waals surface area contributed by atoms with E-state index in [1.165, 1.54) is 18.6 Å². The van der Waals surface area contributed by atoms with Crippen LogP contribution in [0.3, 0.4) is 0 Å². The maximum Gasteiger partial charge on any atom is 0.261 e. The Morgan fingerprint density at radius 1 is 1.13 bits per heavy atom. The third-order valence-electron chi connectivity index (χ3n) is 7.10. The molecule has 4 aromatic rings. The van der Waals surface area contributed by atoms with E-state index in [2.05, 4.69) is 18.8 Å². The highest BCUT2D eigenvalue weighted by Gasteiger charge is 2.29. The molecule has 160 valence electrons. The normalized spacial score (nSPS) is 21.7. The van der Waals surface area contributed by atoms with E-state index in [0.29, 0.717) is 29.3 Å². The van der Waals surface area contributed by atoms with Crippen LogP contribution in [0.2, 0.25) is 0 Å². The molecule has 1 aromatic carbocycles. The summed E-state index contributed by atoms with van der Waals surface area (Å²) in [6.07, 6.45) is 7.72. The lowest BCUT2D eigenvalue weighted by Gasteiger charge is -2.35. The van der Waals surface area contributed by atoms with Crippen molar-refractivity contribution in [1.82, 2.24) is 19.2 Å². The Balaban J connectivity index is 1.70. The molecule has 1 fully saturated rings. The third-order valence-corrected chi connectivity index (χ3v) is 7.10. The number of hydrogen-bond donors (Lipinski definition) is 0. The molecule has 5 rings (SSSR count). The maximum atomic E-state index is 13.4. The quantitative estimate of drug-likeness (QED) is 0.447. The predicted molar refractivity (Wildman–Crippen MR) is 121 cm³/mol.